The topological polar surface area (TPSA) is 87.4 Å². The highest BCUT2D eigenvalue weighted by atomic mass is 16.3. The molecular formula is C5H9N3O2. The molecule has 0 bridgehead atoms. The Kier molecular flexibility index (Phi) is 1.29. The molecule has 0 aliphatic carbocycles. The molecule has 0 fully saturated rings. The Bertz CT molecular complexity index is 197. The molecule has 0 aromatic heterocycles. The van der Waals surface area contributed by atoms with E-state index in [4.69, 9.17) is 10.8 Å². The van der Waals surface area contributed by atoms with E-state index in [1.54, 1.807) is 0 Å². The van der Waals surface area contributed by atoms with Crippen LogP contribution in [0.3, 0.4) is 0 Å². The molecule has 1 aliphatic rings. The van der Waals surface area contributed by atoms with Crippen molar-refractivity contribution in [3.8, 4) is 0 Å². The maximum absolute atomic E-state index is 10.6. The molecule has 56 valence electrons. The molecular weight excluding hydrogens is 134 g/mol. The number of aliphatic hydroxyl groups is 1. The van der Waals surface area contributed by atoms with E-state index < -0.39 is 11.7 Å². The van der Waals surface area contributed by atoms with Gasteiger partial charge in [-0.25, -0.2) is 0 Å². The number of nitrogens with one attached hydrogen (secondary N) is 2. The standard InChI is InChI=1S/C5H9N3O2/c1-5(6)7-3(9)2-4(10)8-5/h2,7,9H,6H2,1H3,(H,8,10). The summed E-state index contributed by atoms with van der Waals surface area (Å²) in [5.41, 5.74) is 5.41. The zero-order chi connectivity index (χ0) is 7.78. The summed E-state index contributed by atoms with van der Waals surface area (Å²) >= 11 is 0. The van der Waals surface area contributed by atoms with Crippen LogP contribution < -0.4 is 16.4 Å². The average molecular weight is 143 g/mol. The van der Waals surface area contributed by atoms with Gasteiger partial charge in [0, 0.05) is 0 Å². The number of carbonyl (C=O) groups is 1. The summed E-state index contributed by atoms with van der Waals surface area (Å²) in [6.07, 6.45) is 1.02. The predicted octanol–water partition coefficient (Wildman–Crippen LogP) is -1.26. The van der Waals surface area contributed by atoms with Crippen LogP contribution in [0.2, 0.25) is 0 Å². The fourth-order valence-corrected chi connectivity index (χ4v) is 0.750. The quantitative estimate of drug-likeness (QED) is 0.341. The first kappa shape index (κ1) is 6.88. The Hall–Kier alpha value is -1.23. The van der Waals surface area contributed by atoms with Gasteiger partial charge >= 0.3 is 0 Å². The summed E-state index contributed by atoms with van der Waals surface area (Å²) in [6, 6.07) is 0. The van der Waals surface area contributed by atoms with Gasteiger partial charge in [-0.3, -0.25) is 10.5 Å². The van der Waals surface area contributed by atoms with Gasteiger partial charge in [0.2, 0.25) is 0 Å². The molecule has 0 aromatic carbocycles. The average Bonchev–Trinajstić information content (AvgIpc) is 1.54. The highest BCUT2D eigenvalue weighted by molar-refractivity contribution is 5.89. The molecule has 5 heteroatoms. The molecule has 0 spiro atoms. The smallest absolute Gasteiger partial charge is 0.252 e. The highest BCUT2D eigenvalue weighted by Crippen LogP contribution is 1.98. The maximum Gasteiger partial charge on any atom is 0.252 e. The molecule has 5 nitrogen and oxygen atoms in total. The Labute approximate surface area is 57.9 Å². The van der Waals surface area contributed by atoms with Crippen LogP contribution in [0.5, 0.6) is 0 Å². The van der Waals surface area contributed by atoms with Gasteiger partial charge < -0.3 is 15.7 Å². The van der Waals surface area contributed by atoms with Crippen LogP contribution in [-0.4, -0.2) is 16.8 Å². The fraction of sp³-hybridized carbons (Fsp3) is 0.400. The van der Waals surface area contributed by atoms with E-state index in [1.807, 2.05) is 0 Å². The molecule has 0 saturated carbocycles. The van der Waals surface area contributed by atoms with E-state index in [0.29, 0.717) is 0 Å². The first-order valence-corrected chi connectivity index (χ1v) is 2.79. The first-order chi connectivity index (χ1) is 4.49. The molecule has 1 aliphatic heterocycles. The van der Waals surface area contributed by atoms with Gasteiger partial charge in [0.15, 0.2) is 11.7 Å². The minimum absolute atomic E-state index is 0.214. The molecule has 1 atom stereocenters. The van der Waals surface area contributed by atoms with Crippen LogP contribution in [-0.2, 0) is 4.79 Å². The van der Waals surface area contributed by atoms with Crippen molar-refractivity contribution in [2.45, 2.75) is 12.7 Å². The monoisotopic (exact) mass is 143 g/mol. The molecule has 1 unspecified atom stereocenters. The van der Waals surface area contributed by atoms with Gasteiger partial charge in [0.25, 0.3) is 5.91 Å². The molecule has 1 rings (SSSR count). The van der Waals surface area contributed by atoms with Crippen molar-refractivity contribution in [3.05, 3.63) is 12.0 Å². The van der Waals surface area contributed by atoms with Gasteiger partial charge in [-0.2, -0.15) is 0 Å². The molecule has 1 amide bonds. The molecule has 0 radical (unpaired) electrons. The lowest BCUT2D eigenvalue weighted by atomic mass is 10.3. The van der Waals surface area contributed by atoms with Gasteiger partial charge in [0.05, 0.1) is 6.08 Å². The Morgan fingerprint density at radius 3 is 2.70 bits per heavy atom. The fourth-order valence-electron chi connectivity index (χ4n) is 0.750. The predicted molar refractivity (Wildman–Crippen MR) is 34.6 cm³/mol. The van der Waals surface area contributed by atoms with E-state index in [9.17, 15) is 4.79 Å². The second-order valence-corrected chi connectivity index (χ2v) is 2.35. The van der Waals surface area contributed by atoms with Gasteiger partial charge in [-0.15, -0.1) is 0 Å². The van der Waals surface area contributed by atoms with Crippen molar-refractivity contribution in [1.29, 1.82) is 0 Å². The lowest BCUT2D eigenvalue weighted by Gasteiger charge is -2.30. The van der Waals surface area contributed by atoms with Crippen molar-refractivity contribution < 1.29 is 9.90 Å². The number of rotatable bonds is 0. The van der Waals surface area contributed by atoms with E-state index in [0.717, 1.165) is 6.08 Å². The summed E-state index contributed by atoms with van der Waals surface area (Å²) in [6.45, 7) is 1.54. The van der Waals surface area contributed by atoms with Gasteiger partial charge in [0.1, 0.15) is 0 Å². The number of amides is 1. The first-order valence-electron chi connectivity index (χ1n) is 2.79. The van der Waals surface area contributed by atoms with Crippen LogP contribution in [0.15, 0.2) is 12.0 Å². The van der Waals surface area contributed by atoms with Gasteiger partial charge in [-0.1, -0.05) is 0 Å². The third-order valence-electron chi connectivity index (χ3n) is 1.04. The van der Waals surface area contributed by atoms with Crippen LogP contribution >= 0.6 is 0 Å². The van der Waals surface area contributed by atoms with Crippen molar-refractivity contribution in [2.75, 3.05) is 0 Å². The molecule has 5 N–H and O–H groups in total. The van der Waals surface area contributed by atoms with Crippen LogP contribution in [0.1, 0.15) is 6.92 Å². The number of nitrogens with two attached hydrogens (primary N) is 1. The number of hydrogen-bond acceptors (Lipinski definition) is 4. The van der Waals surface area contributed by atoms with E-state index in [1.165, 1.54) is 6.92 Å². The van der Waals surface area contributed by atoms with E-state index in [-0.39, 0.29) is 5.88 Å². The van der Waals surface area contributed by atoms with Crippen molar-refractivity contribution in [3.63, 3.8) is 0 Å². The lowest BCUT2D eigenvalue weighted by molar-refractivity contribution is -0.119. The van der Waals surface area contributed by atoms with Crippen molar-refractivity contribution >= 4 is 5.91 Å². The second kappa shape index (κ2) is 1.88. The summed E-state index contributed by atoms with van der Waals surface area (Å²) in [7, 11) is 0. The minimum Gasteiger partial charge on any atom is -0.495 e. The van der Waals surface area contributed by atoms with E-state index >= 15 is 0 Å². The molecule has 1 heterocycles. The van der Waals surface area contributed by atoms with Crippen LogP contribution in [0.4, 0.5) is 0 Å². The largest absolute Gasteiger partial charge is 0.495 e. The zero-order valence-corrected chi connectivity index (χ0v) is 5.51. The number of hydrogen-bond donors (Lipinski definition) is 4. The third-order valence-corrected chi connectivity index (χ3v) is 1.04. The zero-order valence-electron chi connectivity index (χ0n) is 5.51. The molecule has 0 saturated heterocycles. The lowest BCUT2D eigenvalue weighted by Crippen LogP contribution is -2.65. The summed E-state index contributed by atoms with van der Waals surface area (Å²) in [4.78, 5) is 10.6. The van der Waals surface area contributed by atoms with Crippen LogP contribution in [0, 0.1) is 0 Å². The number of aliphatic hydroxyl groups excluding tert-OH is 1. The van der Waals surface area contributed by atoms with Crippen molar-refractivity contribution in [1.82, 2.24) is 10.6 Å². The molecule has 0 aromatic rings. The third kappa shape index (κ3) is 1.38. The maximum atomic E-state index is 10.6. The molecule has 10 heavy (non-hydrogen) atoms. The summed E-state index contributed by atoms with van der Waals surface area (Å²) in [5.74, 6) is -1.66. The Morgan fingerprint density at radius 2 is 2.30 bits per heavy atom. The van der Waals surface area contributed by atoms with Gasteiger partial charge in [-0.05, 0) is 6.92 Å². The SMILES string of the molecule is CC1(N)NC(=O)C=C(O)N1. The normalized spacial score (nSPS) is 32.2. The highest BCUT2D eigenvalue weighted by Gasteiger charge is 2.24. The summed E-state index contributed by atoms with van der Waals surface area (Å²) < 4.78 is 0. The summed E-state index contributed by atoms with van der Waals surface area (Å²) in [5, 5.41) is 13.7. The van der Waals surface area contributed by atoms with Crippen molar-refractivity contribution in [2.24, 2.45) is 5.73 Å². The minimum atomic E-state index is -1.05. The van der Waals surface area contributed by atoms with Crippen LogP contribution in [0.25, 0.3) is 0 Å². The second-order valence-electron chi connectivity index (χ2n) is 2.35. The number of carbonyl (C=O) groups excluding carboxylic acids is 1. The van der Waals surface area contributed by atoms with E-state index in [2.05, 4.69) is 10.6 Å². The Balaban J connectivity index is 2.80. The Morgan fingerprint density at radius 1 is 1.70 bits per heavy atom.